The molecule has 2 aliphatic rings. The number of carbonyl (C=O) groups is 1. The number of benzene rings is 4. The number of nitrogens with two attached hydrogens (primary N) is 1. The molecule has 0 atom stereocenters. The lowest BCUT2D eigenvalue weighted by Gasteiger charge is -2.37. The molecule has 0 radical (unpaired) electrons. The minimum absolute atomic E-state index is 0.414. The van der Waals surface area contributed by atoms with E-state index in [0.717, 1.165) is 58.5 Å². The van der Waals surface area contributed by atoms with Gasteiger partial charge in [-0.05, 0) is 55.2 Å². The molecule has 4 aromatic carbocycles. The molecule has 2 heterocycles. The molecular formula is C31H28N2O3. The fourth-order valence-electron chi connectivity index (χ4n) is 5.59. The van der Waals surface area contributed by atoms with Gasteiger partial charge in [0.15, 0.2) is 5.60 Å². The molecule has 0 bridgehead atoms. The maximum atomic E-state index is 13.8. The van der Waals surface area contributed by atoms with Crippen LogP contribution in [-0.4, -0.2) is 5.97 Å². The number of esters is 1. The molecule has 5 heteroatoms. The minimum atomic E-state index is -1.18. The van der Waals surface area contributed by atoms with E-state index in [1.165, 1.54) is 0 Å². The topological polar surface area (TPSA) is 73.6 Å². The van der Waals surface area contributed by atoms with Crippen LogP contribution < -0.4 is 15.8 Å². The summed E-state index contributed by atoms with van der Waals surface area (Å²) in [6.45, 7) is 4.24. The van der Waals surface area contributed by atoms with Crippen molar-refractivity contribution >= 4 is 23.0 Å². The first-order valence-electron chi connectivity index (χ1n) is 12.4. The van der Waals surface area contributed by atoms with Crippen molar-refractivity contribution in [2.24, 2.45) is 0 Å². The van der Waals surface area contributed by atoms with E-state index in [1.807, 2.05) is 78.9 Å². The number of nitrogen functional groups attached to an aromatic ring is 1. The molecule has 3 N–H and O–H groups in total. The number of hydrogen-bond acceptors (Lipinski definition) is 5. The van der Waals surface area contributed by atoms with E-state index in [1.54, 1.807) is 0 Å². The Morgan fingerprint density at radius 2 is 1.50 bits per heavy atom. The maximum Gasteiger partial charge on any atom is 0.342 e. The second-order valence-corrected chi connectivity index (χ2v) is 9.40. The van der Waals surface area contributed by atoms with Crippen LogP contribution >= 0.6 is 0 Å². The number of carbonyl (C=O) groups excluding carboxylic acids is 1. The van der Waals surface area contributed by atoms with Crippen molar-refractivity contribution in [2.75, 3.05) is 11.1 Å². The van der Waals surface area contributed by atoms with Gasteiger partial charge >= 0.3 is 5.97 Å². The molecule has 0 aliphatic carbocycles. The Kier molecular flexibility index (Phi) is 5.22. The summed E-state index contributed by atoms with van der Waals surface area (Å²) in [6, 6.07) is 25.5. The number of fused-ring (bicyclic) bond motifs is 6. The highest BCUT2D eigenvalue weighted by Gasteiger charge is 2.56. The van der Waals surface area contributed by atoms with Gasteiger partial charge in [0.2, 0.25) is 0 Å². The van der Waals surface area contributed by atoms with Gasteiger partial charge in [0, 0.05) is 22.4 Å². The van der Waals surface area contributed by atoms with Crippen LogP contribution in [0.5, 0.6) is 11.5 Å². The van der Waals surface area contributed by atoms with Crippen LogP contribution in [0.4, 0.5) is 17.1 Å². The van der Waals surface area contributed by atoms with Crippen molar-refractivity contribution in [2.45, 2.75) is 38.7 Å². The third-order valence-electron chi connectivity index (χ3n) is 7.30. The molecule has 5 nitrogen and oxygen atoms in total. The number of anilines is 3. The number of unbranched alkanes of at least 4 members (excludes halogenated alkanes) is 1. The fraction of sp³-hybridized carbons (Fsp3) is 0.194. The van der Waals surface area contributed by atoms with E-state index in [-0.39, 0.29) is 0 Å². The van der Waals surface area contributed by atoms with E-state index in [9.17, 15) is 4.79 Å². The van der Waals surface area contributed by atoms with Gasteiger partial charge in [0.1, 0.15) is 11.5 Å². The molecule has 1 spiro atoms. The molecule has 180 valence electrons. The lowest BCUT2D eigenvalue weighted by Crippen LogP contribution is -2.33. The highest BCUT2D eigenvalue weighted by atomic mass is 16.6. The highest BCUT2D eigenvalue weighted by molar-refractivity contribution is 6.05. The summed E-state index contributed by atoms with van der Waals surface area (Å²) in [4.78, 5) is 13.8. The standard InChI is InChI=1S/C31H28N2O3/c1-3-4-14-21-19(2)29(33-20-12-6-5-7-13-20)27-26(28(21)32)30(34)36-31(27)22-15-8-10-17-24(22)35-25-18-11-9-16-23(25)31/h5-13,15-18,33H,3-4,14,32H2,1-2H3. The van der Waals surface area contributed by atoms with Gasteiger partial charge in [-0.3, -0.25) is 0 Å². The zero-order chi connectivity index (χ0) is 24.9. The van der Waals surface area contributed by atoms with Crippen LogP contribution in [0, 0.1) is 6.92 Å². The zero-order valence-corrected chi connectivity index (χ0v) is 20.4. The summed E-state index contributed by atoms with van der Waals surface area (Å²) in [5, 5.41) is 3.64. The Balaban J connectivity index is 1.72. The lowest BCUT2D eigenvalue weighted by molar-refractivity contribution is 0.0226. The molecule has 0 amide bonds. The Labute approximate surface area is 210 Å². The van der Waals surface area contributed by atoms with E-state index in [2.05, 4.69) is 19.2 Å². The van der Waals surface area contributed by atoms with Crippen LogP contribution in [0.15, 0.2) is 78.9 Å². The first-order chi connectivity index (χ1) is 17.6. The molecule has 6 rings (SSSR count). The van der Waals surface area contributed by atoms with Crippen LogP contribution in [0.2, 0.25) is 0 Å². The maximum absolute atomic E-state index is 13.8. The van der Waals surface area contributed by atoms with Gasteiger partial charge in [-0.1, -0.05) is 67.9 Å². The van der Waals surface area contributed by atoms with Gasteiger partial charge < -0.3 is 20.5 Å². The monoisotopic (exact) mass is 476 g/mol. The number of ether oxygens (including phenoxy) is 2. The predicted molar refractivity (Wildman–Crippen MR) is 142 cm³/mol. The quantitative estimate of drug-likeness (QED) is 0.235. The molecule has 2 aliphatic heterocycles. The Morgan fingerprint density at radius 1 is 0.889 bits per heavy atom. The molecule has 0 aromatic heterocycles. The van der Waals surface area contributed by atoms with Crippen LogP contribution in [0.1, 0.15) is 57.9 Å². The highest BCUT2D eigenvalue weighted by Crippen LogP contribution is 2.59. The molecule has 0 saturated carbocycles. The van der Waals surface area contributed by atoms with E-state index in [4.69, 9.17) is 15.2 Å². The second-order valence-electron chi connectivity index (χ2n) is 9.40. The SMILES string of the molecule is CCCCc1c(C)c(Nc2ccccc2)c2c(c1N)C(=O)OC21c2ccccc2Oc2ccccc21. The average Bonchev–Trinajstić information content (AvgIpc) is 3.20. The molecule has 0 unspecified atom stereocenters. The number of nitrogens with one attached hydrogen (secondary N) is 1. The fourth-order valence-corrected chi connectivity index (χ4v) is 5.59. The summed E-state index contributed by atoms with van der Waals surface area (Å²) >= 11 is 0. The smallest absolute Gasteiger partial charge is 0.342 e. The van der Waals surface area contributed by atoms with E-state index < -0.39 is 11.6 Å². The lowest BCUT2D eigenvalue weighted by atomic mass is 9.75. The van der Waals surface area contributed by atoms with Gasteiger partial charge in [-0.25, -0.2) is 4.79 Å². The summed E-state index contributed by atoms with van der Waals surface area (Å²) < 4.78 is 12.7. The third-order valence-corrected chi connectivity index (χ3v) is 7.30. The molecule has 4 aromatic rings. The molecular weight excluding hydrogens is 448 g/mol. The van der Waals surface area contributed by atoms with Crippen molar-refractivity contribution < 1.29 is 14.3 Å². The number of rotatable bonds is 5. The second kappa shape index (κ2) is 8.45. The van der Waals surface area contributed by atoms with Crippen molar-refractivity contribution in [3.8, 4) is 11.5 Å². The largest absolute Gasteiger partial charge is 0.456 e. The number of hydrogen-bond donors (Lipinski definition) is 2. The normalized spacial score (nSPS) is 14.4. The first kappa shape index (κ1) is 22.2. The van der Waals surface area contributed by atoms with Gasteiger partial charge in [0.25, 0.3) is 0 Å². The van der Waals surface area contributed by atoms with Crippen molar-refractivity contribution in [3.63, 3.8) is 0 Å². The van der Waals surface area contributed by atoms with Crippen LogP contribution in [0.25, 0.3) is 0 Å². The summed E-state index contributed by atoms with van der Waals surface area (Å²) in [5.41, 5.74) is 12.7. The van der Waals surface area contributed by atoms with Crippen LogP contribution in [0.3, 0.4) is 0 Å². The zero-order valence-electron chi connectivity index (χ0n) is 20.4. The Morgan fingerprint density at radius 3 is 2.14 bits per heavy atom. The van der Waals surface area contributed by atoms with Gasteiger partial charge in [-0.2, -0.15) is 0 Å². The van der Waals surface area contributed by atoms with Crippen molar-refractivity contribution in [1.29, 1.82) is 0 Å². The molecule has 36 heavy (non-hydrogen) atoms. The van der Waals surface area contributed by atoms with Crippen LogP contribution in [-0.2, 0) is 16.8 Å². The predicted octanol–water partition coefficient (Wildman–Crippen LogP) is 7.23. The Bertz CT molecular complexity index is 1450. The van der Waals surface area contributed by atoms with Crippen molar-refractivity contribution in [1.82, 2.24) is 0 Å². The van der Waals surface area contributed by atoms with Crippen molar-refractivity contribution in [3.05, 3.63) is 112 Å². The first-order valence-corrected chi connectivity index (χ1v) is 12.4. The molecule has 0 saturated heterocycles. The summed E-state index contributed by atoms with van der Waals surface area (Å²) in [5.74, 6) is 0.908. The molecule has 0 fully saturated rings. The average molecular weight is 477 g/mol. The van der Waals surface area contributed by atoms with E-state index >= 15 is 0 Å². The summed E-state index contributed by atoms with van der Waals surface area (Å²) in [7, 11) is 0. The summed E-state index contributed by atoms with van der Waals surface area (Å²) in [6.07, 6.45) is 2.81. The van der Waals surface area contributed by atoms with E-state index in [0.29, 0.717) is 22.7 Å². The third kappa shape index (κ3) is 3.12. The van der Waals surface area contributed by atoms with Gasteiger partial charge in [-0.15, -0.1) is 0 Å². The van der Waals surface area contributed by atoms with Gasteiger partial charge in [0.05, 0.1) is 16.9 Å². The minimum Gasteiger partial charge on any atom is -0.456 e. The Hall–Kier alpha value is -4.25. The number of para-hydroxylation sites is 3.